The van der Waals surface area contributed by atoms with E-state index in [1.807, 2.05) is 61.7 Å². The smallest absolute Gasteiger partial charge is 0.119 e. The minimum absolute atomic E-state index is 0.819. The summed E-state index contributed by atoms with van der Waals surface area (Å²) in [4.78, 5) is 1.23. The van der Waals surface area contributed by atoms with Gasteiger partial charge in [-0.15, -0.1) is 11.8 Å². The van der Waals surface area contributed by atoms with Crippen LogP contribution in [0.25, 0.3) is 0 Å². The molecule has 116 valence electrons. The number of para-hydroxylation sites is 1. The van der Waals surface area contributed by atoms with Gasteiger partial charge in [-0.25, -0.2) is 0 Å². The maximum Gasteiger partial charge on any atom is 0.119 e. The molecule has 2 rings (SSSR count). The molecule has 1 N–H and O–H groups in total. The van der Waals surface area contributed by atoms with Crippen LogP contribution in [-0.2, 0) is 0 Å². The lowest BCUT2D eigenvalue weighted by atomic mass is 10.3. The lowest BCUT2D eigenvalue weighted by Crippen LogP contribution is -2.08. The van der Waals surface area contributed by atoms with Gasteiger partial charge in [0.2, 0.25) is 0 Å². The Bertz CT molecular complexity index is 614. The Morgan fingerprint density at radius 2 is 1.91 bits per heavy atom. The van der Waals surface area contributed by atoms with Crippen LogP contribution in [0.1, 0.15) is 0 Å². The van der Waals surface area contributed by atoms with Gasteiger partial charge in [-0.3, -0.25) is 5.01 Å². The Morgan fingerprint density at radius 1 is 1.18 bits per heavy atom. The first-order chi connectivity index (χ1) is 10.7. The predicted octanol–water partition coefficient (Wildman–Crippen LogP) is 3.95. The molecule has 0 spiro atoms. The normalized spacial score (nSPS) is 10.7. The van der Waals surface area contributed by atoms with E-state index >= 15 is 0 Å². The summed E-state index contributed by atoms with van der Waals surface area (Å²) in [6.45, 7) is 0. The number of ether oxygens (including phenoxy) is 1. The highest BCUT2D eigenvalue weighted by Gasteiger charge is 2.00. The number of hydrogen-bond donors (Lipinski definition) is 1. The van der Waals surface area contributed by atoms with Crippen molar-refractivity contribution < 1.29 is 4.74 Å². The molecule has 2 aromatic rings. The van der Waals surface area contributed by atoms with Crippen molar-refractivity contribution in [2.45, 2.75) is 4.90 Å². The van der Waals surface area contributed by atoms with E-state index in [9.17, 15) is 0 Å². The van der Waals surface area contributed by atoms with E-state index in [4.69, 9.17) is 4.74 Å². The molecule has 0 fully saturated rings. The highest BCUT2D eigenvalue weighted by Crippen LogP contribution is 2.25. The summed E-state index contributed by atoms with van der Waals surface area (Å²) >= 11 is 1.76. The second-order valence-electron chi connectivity index (χ2n) is 4.58. The van der Waals surface area contributed by atoms with Crippen LogP contribution < -0.4 is 15.1 Å². The summed E-state index contributed by atoms with van der Waals surface area (Å²) in [5, 5.41) is 9.49. The minimum atomic E-state index is 0.819. The van der Waals surface area contributed by atoms with Gasteiger partial charge in [0.1, 0.15) is 5.75 Å². The van der Waals surface area contributed by atoms with Crippen molar-refractivity contribution in [3.63, 3.8) is 0 Å². The first-order valence-electron chi connectivity index (χ1n) is 7.04. The molecule has 0 unspecified atom stereocenters. The molecule has 0 aromatic heterocycles. The van der Waals surface area contributed by atoms with Gasteiger partial charge in [0, 0.05) is 36.6 Å². The maximum absolute atomic E-state index is 5.15. The van der Waals surface area contributed by atoms with Crippen LogP contribution in [0.3, 0.4) is 0 Å². The monoisotopic (exact) mass is 315 g/mol. The number of benzene rings is 2. The second-order valence-corrected chi connectivity index (χ2v) is 5.64. The number of anilines is 2. The van der Waals surface area contributed by atoms with Crippen LogP contribution in [0.5, 0.6) is 5.75 Å². The van der Waals surface area contributed by atoms with E-state index in [2.05, 4.69) is 22.6 Å². The molecule has 0 amide bonds. The summed E-state index contributed by atoms with van der Waals surface area (Å²) < 4.78 is 5.15. The zero-order chi connectivity index (χ0) is 15.8. The molecular weight excluding hydrogens is 294 g/mol. The number of hydrogen-bond acceptors (Lipinski definition) is 5. The average Bonchev–Trinajstić information content (AvgIpc) is 2.59. The van der Waals surface area contributed by atoms with E-state index in [-0.39, 0.29) is 0 Å². The molecule has 0 saturated heterocycles. The Morgan fingerprint density at radius 3 is 2.59 bits per heavy atom. The number of rotatable bonds is 7. The summed E-state index contributed by atoms with van der Waals surface area (Å²) in [7, 11) is 5.53. The van der Waals surface area contributed by atoms with Crippen molar-refractivity contribution >= 4 is 29.4 Å². The van der Waals surface area contributed by atoms with Gasteiger partial charge in [0.25, 0.3) is 0 Å². The summed E-state index contributed by atoms with van der Waals surface area (Å²) in [5.41, 5.74) is 2.17. The minimum Gasteiger partial charge on any atom is -0.497 e. The van der Waals surface area contributed by atoms with E-state index < -0.39 is 0 Å². The van der Waals surface area contributed by atoms with Crippen molar-refractivity contribution in [1.29, 1.82) is 0 Å². The molecule has 4 nitrogen and oxygen atoms in total. The van der Waals surface area contributed by atoms with Gasteiger partial charge in [-0.2, -0.15) is 5.10 Å². The van der Waals surface area contributed by atoms with Crippen molar-refractivity contribution in [2.75, 3.05) is 37.3 Å². The van der Waals surface area contributed by atoms with Crippen LogP contribution >= 0.6 is 11.8 Å². The lowest BCUT2D eigenvalue weighted by molar-refractivity contribution is 0.415. The predicted molar refractivity (Wildman–Crippen MR) is 96.6 cm³/mol. The van der Waals surface area contributed by atoms with Crippen molar-refractivity contribution in [3.05, 3.63) is 48.5 Å². The molecule has 0 saturated carbocycles. The third-order valence-electron chi connectivity index (χ3n) is 3.17. The summed E-state index contributed by atoms with van der Waals surface area (Å²) in [5.74, 6) is 1.67. The molecule has 0 atom stereocenters. The average molecular weight is 315 g/mol. The molecule has 22 heavy (non-hydrogen) atoms. The van der Waals surface area contributed by atoms with Gasteiger partial charge >= 0.3 is 0 Å². The van der Waals surface area contributed by atoms with E-state index in [0.717, 1.165) is 22.9 Å². The van der Waals surface area contributed by atoms with Gasteiger partial charge in [-0.1, -0.05) is 12.1 Å². The number of hydrazone groups is 1. The number of nitrogens with one attached hydrogen (secondary N) is 1. The van der Waals surface area contributed by atoms with Crippen LogP contribution in [0.2, 0.25) is 0 Å². The van der Waals surface area contributed by atoms with Crippen LogP contribution in [-0.4, -0.2) is 33.2 Å². The number of methoxy groups -OCH3 is 1. The Kier molecular flexibility index (Phi) is 6.15. The number of thioether (sulfide) groups is 1. The standard InChI is InChI=1S/C17H21N3OS/c1-18-16-6-4-5-7-17(16)22-13-12-19-20(2)14-8-10-15(21-3)11-9-14/h4-12,18H,13H2,1-3H3/b19-12+. The Labute approximate surface area is 136 Å². The van der Waals surface area contributed by atoms with Gasteiger partial charge < -0.3 is 10.1 Å². The zero-order valence-electron chi connectivity index (χ0n) is 13.1. The fourth-order valence-corrected chi connectivity index (χ4v) is 2.77. The van der Waals surface area contributed by atoms with Crippen LogP contribution in [0, 0.1) is 0 Å². The van der Waals surface area contributed by atoms with Gasteiger partial charge in [0.15, 0.2) is 0 Å². The molecule has 0 aliphatic rings. The first kappa shape index (κ1) is 16.2. The van der Waals surface area contributed by atoms with E-state index in [0.29, 0.717) is 0 Å². The highest BCUT2D eigenvalue weighted by molar-refractivity contribution is 8.00. The van der Waals surface area contributed by atoms with Gasteiger partial charge in [-0.05, 0) is 36.4 Å². The molecule has 0 aliphatic carbocycles. The molecule has 0 heterocycles. The van der Waals surface area contributed by atoms with E-state index in [1.54, 1.807) is 18.9 Å². The molecule has 0 bridgehead atoms. The topological polar surface area (TPSA) is 36.9 Å². The van der Waals surface area contributed by atoms with Crippen molar-refractivity contribution in [3.8, 4) is 5.75 Å². The van der Waals surface area contributed by atoms with Crippen LogP contribution in [0.4, 0.5) is 11.4 Å². The quantitative estimate of drug-likeness (QED) is 0.477. The third kappa shape index (κ3) is 4.43. The largest absolute Gasteiger partial charge is 0.497 e. The fraction of sp³-hybridized carbons (Fsp3) is 0.235. The molecule has 0 aliphatic heterocycles. The molecule has 0 radical (unpaired) electrons. The fourth-order valence-electron chi connectivity index (χ4n) is 1.95. The first-order valence-corrected chi connectivity index (χ1v) is 8.03. The Balaban J connectivity index is 1.88. The second kappa shape index (κ2) is 8.34. The molecule has 2 aromatic carbocycles. The van der Waals surface area contributed by atoms with Crippen molar-refractivity contribution in [1.82, 2.24) is 0 Å². The summed E-state index contributed by atoms with van der Waals surface area (Å²) in [6, 6.07) is 16.1. The summed E-state index contributed by atoms with van der Waals surface area (Å²) in [6.07, 6.45) is 1.92. The van der Waals surface area contributed by atoms with Crippen LogP contribution in [0.15, 0.2) is 58.5 Å². The zero-order valence-corrected chi connectivity index (χ0v) is 13.9. The SMILES string of the molecule is CNc1ccccc1SC/C=N/N(C)c1ccc(OC)cc1. The highest BCUT2D eigenvalue weighted by atomic mass is 32.2. The maximum atomic E-state index is 5.15. The van der Waals surface area contributed by atoms with Gasteiger partial charge in [0.05, 0.1) is 12.8 Å². The van der Waals surface area contributed by atoms with Crippen molar-refractivity contribution in [2.24, 2.45) is 5.10 Å². The third-order valence-corrected chi connectivity index (χ3v) is 4.15. The van der Waals surface area contributed by atoms with E-state index in [1.165, 1.54) is 4.90 Å². The number of nitrogens with zero attached hydrogens (tertiary/aromatic N) is 2. The molecule has 5 heteroatoms. The lowest BCUT2D eigenvalue weighted by Gasteiger charge is -2.13. The molecular formula is C17H21N3OS. The Hall–Kier alpha value is -2.14.